The molecule has 4 aliphatic heterocycles. The van der Waals surface area contributed by atoms with Gasteiger partial charge in [0, 0.05) is 72.7 Å². The molecule has 111 heavy (non-hydrogen) atoms. The van der Waals surface area contributed by atoms with Crippen LogP contribution in [0.5, 0.6) is 0 Å². The predicted octanol–water partition coefficient (Wildman–Crippen LogP) is -9.51. The molecule has 6 rings (SSSR count). The summed E-state index contributed by atoms with van der Waals surface area (Å²) in [6, 6.07) is -25.1. The van der Waals surface area contributed by atoms with Crippen molar-refractivity contribution in [1.82, 2.24) is 98.9 Å². The number of aliphatic hydroxyl groups is 2. The first-order valence-corrected chi connectivity index (χ1v) is 40.4. The molecule has 2 aromatic heterocycles. The van der Waals surface area contributed by atoms with Crippen molar-refractivity contribution in [3.63, 3.8) is 0 Å². The zero-order chi connectivity index (χ0) is 81.9. The number of imidazole rings is 2. The number of aliphatic hydroxyl groups excluding tert-OH is 2. The Morgan fingerprint density at radius 2 is 0.955 bits per heavy atom. The van der Waals surface area contributed by atoms with Crippen LogP contribution < -0.4 is 86.3 Å². The van der Waals surface area contributed by atoms with Crippen LogP contribution in [0.2, 0.25) is 0 Å². The van der Waals surface area contributed by atoms with Crippen LogP contribution in [-0.2, 0) is 99.1 Å². The third-order valence-electron chi connectivity index (χ3n) is 18.2. The standard InChI is InChI=1S/C64H96N22O21S4/c1-6-29(4)49-62(105)80-39(50(67)93)22-108-110-25-42-58(101)78-37(20-87)54(97)77-36(14-32-19-69-27-71-32)64(107)85-11-7-9-43(85)59(102)72-30(5)51(94)81-41(24-111-109-23-40(56(99)82-42)73-46(90)17-65)57(100)79-38(21-88)55(98)83-48(28(2)3)61(104)75-33(15-45(66)89)52(95)76-35(13-31-18-68-26-70-31)63(106)86-12-8-10-44(86)60(103)74-34(16-47(91)92)53(96)84-49/h18-19,26-30,33-44,48-49,87-88H,6-17,20-25,65H2,1-5H3,(H2,66,89)(H2,67,93)(H,68,70)(H,69,71)(H,72,102)(H,73,90)(H,74,103)(H,75,104)(H,76,95)(H,77,97)(H,78,101)(H,79,100)(H,80,105)(H,81,94)(H,82,99)(H,83,98)(H,84,96)(H,91,92)/t29-,30-,33-,34-,35-,36-,37-,38-,39-,40-,41-,42-,43-,44-,48-,49-/m0/s1. The largest absolute Gasteiger partial charge is 0.481 e. The lowest BCUT2D eigenvalue weighted by molar-refractivity contribution is -0.144. The highest BCUT2D eigenvalue weighted by Crippen LogP contribution is 2.27. The highest BCUT2D eigenvalue weighted by atomic mass is 33.1. The number of carbonyl (C=O) groups excluding carboxylic acids is 17. The molecule has 17 amide bonds. The van der Waals surface area contributed by atoms with Gasteiger partial charge < -0.3 is 121 Å². The van der Waals surface area contributed by atoms with Gasteiger partial charge in [-0.2, -0.15) is 0 Å². The Morgan fingerprint density at radius 3 is 1.42 bits per heavy atom. The van der Waals surface area contributed by atoms with E-state index in [1.807, 2.05) is 0 Å². The number of carboxylic acids is 1. The van der Waals surface area contributed by atoms with Crippen molar-refractivity contribution >= 4 is 150 Å². The van der Waals surface area contributed by atoms with Crippen molar-refractivity contribution in [2.45, 2.75) is 183 Å². The SMILES string of the molecule is CC[C@H](C)[C@@H]1NC(=O)[C@H](CC(=O)O)NC(=O)[C@@H]2CCCN2C(=O)[C@H](Cc2cnc[nH]2)NC(=O)[C@H](CC(N)=O)NC(=O)[C@H](C(C)C)NC(=O)[C@H](CO)NC(=O)[C@@H]2CSSC[C@H](NC(=O)CN)C(=O)N[C@@H](CSSC[C@@H](C(N)=O)NC1=O)C(=O)N[C@@H](CO)C(=O)N[C@@H](Cc1cnc[nH]1)C(=O)N1CCC[C@H]1C(=O)N[C@@H](C)C(=O)N2. The van der Waals surface area contributed by atoms with Gasteiger partial charge in [-0.3, -0.25) is 86.3 Å². The van der Waals surface area contributed by atoms with Gasteiger partial charge in [0.15, 0.2) is 0 Å². The number of nitrogens with two attached hydrogens (primary N) is 3. The third kappa shape index (κ3) is 26.7. The average Bonchev–Trinajstić information content (AvgIpc) is 1.73. The number of carbonyl (C=O) groups is 18. The van der Waals surface area contributed by atoms with Crippen LogP contribution in [-0.4, -0.2) is 298 Å². The second-order valence-corrected chi connectivity index (χ2v) is 31.9. The van der Waals surface area contributed by atoms with Crippen molar-refractivity contribution in [3.05, 3.63) is 36.4 Å². The van der Waals surface area contributed by atoms with E-state index in [0.717, 1.165) is 53.0 Å². The second kappa shape index (κ2) is 43.7. The van der Waals surface area contributed by atoms with E-state index in [9.17, 15) is 102 Å². The van der Waals surface area contributed by atoms with E-state index in [2.05, 4.69) is 89.1 Å². The minimum atomic E-state index is -1.96. The first-order chi connectivity index (χ1) is 52.7. The number of H-pyrrole nitrogens is 2. The van der Waals surface area contributed by atoms with Gasteiger partial charge >= 0.3 is 5.97 Å². The van der Waals surface area contributed by atoms with Crippen molar-refractivity contribution < 1.29 is 102 Å². The summed E-state index contributed by atoms with van der Waals surface area (Å²) >= 11 is 0. The normalized spacial score (nSPS) is 28.4. The zero-order valence-corrected chi connectivity index (χ0v) is 64.5. The third-order valence-corrected chi connectivity index (χ3v) is 23.0. The molecular weight excluding hydrogens is 1540 g/mol. The van der Waals surface area contributed by atoms with E-state index in [1.165, 1.54) is 52.7 Å². The number of aliphatic carboxylic acids is 1. The van der Waals surface area contributed by atoms with Crippen LogP contribution in [0.25, 0.3) is 0 Å². The van der Waals surface area contributed by atoms with Gasteiger partial charge in [0.1, 0.15) is 90.6 Å². The number of hydrogen-bond acceptors (Lipinski definition) is 27. The Hall–Kier alpha value is -9.84. The zero-order valence-electron chi connectivity index (χ0n) is 61.2. The summed E-state index contributed by atoms with van der Waals surface area (Å²) in [4.78, 5) is 269. The van der Waals surface area contributed by atoms with Gasteiger partial charge in [-0.1, -0.05) is 77.3 Å². The van der Waals surface area contributed by atoms with Crippen LogP contribution >= 0.6 is 43.2 Å². The lowest BCUT2D eigenvalue weighted by atomic mass is 9.97. The fourth-order valence-corrected chi connectivity index (χ4v) is 16.5. The monoisotopic (exact) mass is 1640 g/mol. The Bertz CT molecular complexity index is 3700. The molecule has 4 fully saturated rings. The molecule has 24 N–H and O–H groups in total. The Morgan fingerprint density at radius 1 is 0.523 bits per heavy atom. The minimum Gasteiger partial charge on any atom is -0.481 e. The molecule has 4 aliphatic rings. The maximum absolute atomic E-state index is 14.8. The fourth-order valence-electron chi connectivity index (χ4n) is 11.9. The summed E-state index contributed by atoms with van der Waals surface area (Å²) in [5.74, 6) is -23.5. The molecule has 0 spiro atoms. The second-order valence-electron chi connectivity index (χ2n) is 26.8. The number of carboxylic acid groups (broad SMARTS) is 1. The smallest absolute Gasteiger partial charge is 0.305 e. The van der Waals surface area contributed by atoms with Crippen LogP contribution in [0.3, 0.4) is 0 Å². The fraction of sp³-hybridized carbons (Fsp3) is 0.625. The van der Waals surface area contributed by atoms with E-state index in [4.69, 9.17) is 17.2 Å². The van der Waals surface area contributed by atoms with Gasteiger partial charge in [0.05, 0.1) is 45.3 Å². The molecule has 0 aromatic carbocycles. The van der Waals surface area contributed by atoms with Gasteiger partial charge in [-0.15, -0.1) is 0 Å². The minimum absolute atomic E-state index is 0.0421. The summed E-state index contributed by atoms with van der Waals surface area (Å²) in [5, 5.41) is 63.2. The van der Waals surface area contributed by atoms with E-state index >= 15 is 0 Å². The number of nitrogens with one attached hydrogen (secondary N) is 15. The number of fused-ring (bicyclic) bond motifs is 10. The van der Waals surface area contributed by atoms with Gasteiger partial charge in [0.2, 0.25) is 100 Å². The Kier molecular flexibility index (Phi) is 35.4. The summed E-state index contributed by atoms with van der Waals surface area (Å²) in [6.07, 6.45) is 2.99. The van der Waals surface area contributed by atoms with Crippen LogP contribution in [0.1, 0.15) is 91.0 Å². The molecule has 43 nitrogen and oxygen atoms in total. The molecule has 6 heterocycles. The summed E-state index contributed by atoms with van der Waals surface area (Å²) < 4.78 is 0. The van der Waals surface area contributed by atoms with Gasteiger partial charge in [-0.25, -0.2) is 9.97 Å². The first kappa shape index (κ1) is 90.0. The molecule has 16 atom stereocenters. The van der Waals surface area contributed by atoms with Crippen LogP contribution in [0.15, 0.2) is 25.0 Å². The lowest BCUT2D eigenvalue weighted by Crippen LogP contribution is -2.62. The number of nitrogens with zero attached hydrogens (tertiary/aromatic N) is 4. The molecule has 0 unspecified atom stereocenters. The summed E-state index contributed by atoms with van der Waals surface area (Å²) in [6.45, 7) is 4.09. The molecule has 2 bridgehead atoms. The van der Waals surface area contributed by atoms with Gasteiger partial charge in [-0.05, 0) is 44.4 Å². The number of primary amides is 2. The molecule has 0 radical (unpaired) electrons. The van der Waals surface area contributed by atoms with Crippen molar-refractivity contribution in [1.29, 1.82) is 0 Å². The summed E-state index contributed by atoms with van der Waals surface area (Å²) in [7, 11) is 3.15. The number of hydrogen-bond donors (Lipinski definition) is 21. The molecule has 4 saturated heterocycles. The number of amides is 17. The molecule has 2 aromatic rings. The lowest BCUT2D eigenvalue weighted by Gasteiger charge is -2.31. The quantitative estimate of drug-likeness (QED) is 0.0694. The highest BCUT2D eigenvalue weighted by molar-refractivity contribution is 8.77. The maximum atomic E-state index is 14.8. The molecule has 0 aliphatic carbocycles. The number of rotatable bonds is 16. The Labute approximate surface area is 651 Å². The van der Waals surface area contributed by atoms with E-state index in [1.54, 1.807) is 6.92 Å². The first-order valence-electron chi connectivity index (χ1n) is 35.4. The van der Waals surface area contributed by atoms with Crippen molar-refractivity contribution in [3.8, 4) is 0 Å². The summed E-state index contributed by atoms with van der Waals surface area (Å²) in [5.41, 5.74) is 17.6. The van der Waals surface area contributed by atoms with Crippen LogP contribution in [0.4, 0.5) is 0 Å². The van der Waals surface area contributed by atoms with E-state index in [-0.39, 0.29) is 63.7 Å². The molecular formula is C64H96N22O21S4. The van der Waals surface area contributed by atoms with E-state index < -0.39 is 264 Å². The maximum Gasteiger partial charge on any atom is 0.305 e. The molecule has 47 heteroatoms. The highest BCUT2D eigenvalue weighted by Gasteiger charge is 2.44. The van der Waals surface area contributed by atoms with Crippen molar-refractivity contribution in [2.75, 3.05) is 55.9 Å². The number of aromatic nitrogens is 4. The Balaban J connectivity index is 1.45. The predicted molar refractivity (Wildman–Crippen MR) is 397 cm³/mol. The van der Waals surface area contributed by atoms with E-state index in [0.29, 0.717) is 5.69 Å². The molecule has 612 valence electrons. The number of aromatic amines is 2. The van der Waals surface area contributed by atoms with Crippen molar-refractivity contribution in [2.24, 2.45) is 29.0 Å². The molecule has 0 saturated carbocycles. The van der Waals surface area contributed by atoms with Crippen LogP contribution in [0, 0.1) is 11.8 Å². The van der Waals surface area contributed by atoms with Gasteiger partial charge in [0.25, 0.3) is 0 Å². The topological polar surface area (TPSA) is 666 Å². The average molecular weight is 1640 g/mol.